The first-order chi connectivity index (χ1) is 10.1. The average molecular weight is 281 g/mol. The number of aromatic hydroxyl groups is 1. The predicted octanol–water partition coefficient (Wildman–Crippen LogP) is 3.63. The zero-order chi connectivity index (χ0) is 14.8. The van der Waals surface area contributed by atoms with Crippen molar-refractivity contribution in [2.45, 2.75) is 13.0 Å². The fourth-order valence-electron chi connectivity index (χ4n) is 2.23. The van der Waals surface area contributed by atoms with E-state index in [9.17, 15) is 9.90 Å². The van der Waals surface area contributed by atoms with Crippen LogP contribution in [-0.4, -0.2) is 11.0 Å². The Labute approximate surface area is 122 Å². The second kappa shape index (κ2) is 5.32. The molecule has 4 nitrogen and oxygen atoms in total. The number of hydrogen-bond donors (Lipinski definition) is 2. The quantitative estimate of drug-likeness (QED) is 0.770. The van der Waals surface area contributed by atoms with Gasteiger partial charge in [-0.05, 0) is 31.2 Å². The van der Waals surface area contributed by atoms with Crippen LogP contribution in [0, 0.1) is 0 Å². The maximum absolute atomic E-state index is 12.2. The normalized spacial score (nSPS) is 12.2. The number of nitrogens with one attached hydrogen (secondary N) is 1. The molecule has 0 fully saturated rings. The number of carbonyl (C=O) groups is 1. The minimum absolute atomic E-state index is 0.0354. The van der Waals surface area contributed by atoms with Crippen LogP contribution in [0.3, 0.4) is 0 Å². The van der Waals surface area contributed by atoms with Crippen LogP contribution in [0.1, 0.15) is 29.1 Å². The van der Waals surface area contributed by atoms with E-state index in [1.807, 2.05) is 37.3 Å². The highest BCUT2D eigenvalue weighted by Gasteiger charge is 2.17. The molecule has 1 aromatic heterocycles. The molecule has 0 aliphatic carbocycles. The van der Waals surface area contributed by atoms with Gasteiger partial charge in [0.05, 0.1) is 11.6 Å². The molecule has 1 heterocycles. The predicted molar refractivity (Wildman–Crippen MR) is 80.2 cm³/mol. The fourth-order valence-corrected chi connectivity index (χ4v) is 2.23. The molecule has 1 amide bonds. The minimum Gasteiger partial charge on any atom is -0.507 e. The van der Waals surface area contributed by atoms with Gasteiger partial charge in [-0.3, -0.25) is 4.79 Å². The smallest absolute Gasteiger partial charge is 0.255 e. The van der Waals surface area contributed by atoms with Gasteiger partial charge in [0.15, 0.2) is 0 Å². The molecule has 106 valence electrons. The molecule has 0 aliphatic rings. The molecule has 0 saturated carbocycles. The molecule has 1 atom stereocenters. The Morgan fingerprint density at radius 2 is 1.86 bits per heavy atom. The van der Waals surface area contributed by atoms with Crippen molar-refractivity contribution in [1.82, 2.24) is 5.32 Å². The van der Waals surface area contributed by atoms with Crippen molar-refractivity contribution >= 4 is 16.9 Å². The lowest BCUT2D eigenvalue weighted by atomic mass is 10.1. The Morgan fingerprint density at radius 1 is 1.14 bits per heavy atom. The molecule has 2 aromatic carbocycles. The summed E-state index contributed by atoms with van der Waals surface area (Å²) in [6.45, 7) is 1.84. The fraction of sp³-hybridized carbons (Fsp3) is 0.118. The van der Waals surface area contributed by atoms with Crippen molar-refractivity contribution in [1.29, 1.82) is 0 Å². The van der Waals surface area contributed by atoms with Crippen molar-refractivity contribution in [3.63, 3.8) is 0 Å². The molecule has 3 rings (SSSR count). The lowest BCUT2D eigenvalue weighted by Gasteiger charge is -2.12. The van der Waals surface area contributed by atoms with Gasteiger partial charge < -0.3 is 14.8 Å². The lowest BCUT2D eigenvalue weighted by molar-refractivity contribution is 0.0933. The molecule has 3 aromatic rings. The molecule has 4 heteroatoms. The number of fused-ring (bicyclic) bond motifs is 1. The van der Waals surface area contributed by atoms with E-state index in [2.05, 4.69) is 5.32 Å². The van der Waals surface area contributed by atoms with Gasteiger partial charge in [-0.15, -0.1) is 0 Å². The molecule has 0 saturated heterocycles. The Balaban J connectivity index is 1.81. The average Bonchev–Trinajstić information content (AvgIpc) is 2.91. The van der Waals surface area contributed by atoms with Gasteiger partial charge in [0, 0.05) is 5.39 Å². The molecule has 0 radical (unpaired) electrons. The van der Waals surface area contributed by atoms with Gasteiger partial charge in [0.25, 0.3) is 5.91 Å². The molecule has 1 unspecified atom stereocenters. The first-order valence-corrected chi connectivity index (χ1v) is 6.72. The van der Waals surface area contributed by atoms with E-state index in [4.69, 9.17) is 4.42 Å². The molecule has 0 spiro atoms. The zero-order valence-corrected chi connectivity index (χ0v) is 11.5. The van der Waals surface area contributed by atoms with Crippen LogP contribution in [-0.2, 0) is 0 Å². The van der Waals surface area contributed by atoms with Crippen LogP contribution in [0.25, 0.3) is 11.0 Å². The van der Waals surface area contributed by atoms with Crippen molar-refractivity contribution < 1.29 is 14.3 Å². The highest BCUT2D eigenvalue weighted by molar-refractivity contribution is 5.97. The highest BCUT2D eigenvalue weighted by atomic mass is 16.3. The summed E-state index contributed by atoms with van der Waals surface area (Å²) in [4.78, 5) is 12.2. The largest absolute Gasteiger partial charge is 0.507 e. The second-order valence-corrected chi connectivity index (χ2v) is 4.90. The first kappa shape index (κ1) is 13.2. The van der Waals surface area contributed by atoms with E-state index < -0.39 is 0 Å². The Morgan fingerprint density at radius 3 is 2.62 bits per heavy atom. The van der Waals surface area contributed by atoms with Gasteiger partial charge in [0.1, 0.15) is 17.1 Å². The molecule has 2 N–H and O–H groups in total. The summed E-state index contributed by atoms with van der Waals surface area (Å²) in [6, 6.07) is 15.8. The number of hydrogen-bond acceptors (Lipinski definition) is 3. The monoisotopic (exact) mass is 281 g/mol. The summed E-state index contributed by atoms with van der Waals surface area (Å²) in [5.74, 6) is 0.313. The zero-order valence-electron chi connectivity index (χ0n) is 11.5. The molecular weight excluding hydrogens is 266 g/mol. The number of benzene rings is 2. The summed E-state index contributed by atoms with van der Waals surface area (Å²) in [7, 11) is 0. The summed E-state index contributed by atoms with van der Waals surface area (Å²) < 4.78 is 5.72. The third kappa shape index (κ3) is 2.60. The van der Waals surface area contributed by atoms with Crippen molar-refractivity contribution in [2.24, 2.45) is 0 Å². The Bertz CT molecular complexity index is 758. The van der Waals surface area contributed by atoms with E-state index in [0.717, 1.165) is 11.0 Å². The van der Waals surface area contributed by atoms with Crippen LogP contribution in [0.15, 0.2) is 59.0 Å². The summed E-state index contributed by atoms with van der Waals surface area (Å²) in [5, 5.41) is 13.5. The van der Waals surface area contributed by atoms with Crippen molar-refractivity contribution in [3.05, 3.63) is 65.9 Å². The van der Waals surface area contributed by atoms with Gasteiger partial charge in [-0.25, -0.2) is 0 Å². The number of phenolic OH excluding ortho intramolecular Hbond substituents is 1. The van der Waals surface area contributed by atoms with E-state index in [1.54, 1.807) is 18.2 Å². The van der Waals surface area contributed by atoms with Crippen LogP contribution in [0.5, 0.6) is 5.75 Å². The summed E-state index contributed by atoms with van der Waals surface area (Å²) in [5.41, 5.74) is 1.04. The van der Waals surface area contributed by atoms with Gasteiger partial charge in [-0.2, -0.15) is 0 Å². The third-order valence-corrected chi connectivity index (χ3v) is 3.37. The maximum atomic E-state index is 12.2. The first-order valence-electron chi connectivity index (χ1n) is 6.72. The number of para-hydroxylation sites is 2. The van der Waals surface area contributed by atoms with E-state index in [-0.39, 0.29) is 23.3 Å². The SMILES string of the molecule is CC(NC(=O)c1ccccc1O)c1cc2ccccc2o1. The standard InChI is InChI=1S/C17H15NO3/c1-11(16-10-12-6-2-5-9-15(12)21-16)18-17(20)13-7-3-4-8-14(13)19/h2-11,19H,1H3,(H,18,20). The minimum atomic E-state index is -0.332. The number of carbonyl (C=O) groups excluding carboxylic acids is 1. The number of phenols is 1. The Hall–Kier alpha value is -2.75. The van der Waals surface area contributed by atoms with Crippen LogP contribution in [0.2, 0.25) is 0 Å². The third-order valence-electron chi connectivity index (χ3n) is 3.37. The lowest BCUT2D eigenvalue weighted by Crippen LogP contribution is -2.26. The van der Waals surface area contributed by atoms with Crippen molar-refractivity contribution in [3.8, 4) is 5.75 Å². The summed E-state index contributed by atoms with van der Waals surface area (Å²) >= 11 is 0. The number of amides is 1. The van der Waals surface area contributed by atoms with Crippen molar-refractivity contribution in [2.75, 3.05) is 0 Å². The van der Waals surface area contributed by atoms with Gasteiger partial charge in [0.2, 0.25) is 0 Å². The van der Waals surface area contributed by atoms with E-state index >= 15 is 0 Å². The van der Waals surface area contributed by atoms with Gasteiger partial charge in [-0.1, -0.05) is 30.3 Å². The van der Waals surface area contributed by atoms with E-state index in [0.29, 0.717) is 5.76 Å². The van der Waals surface area contributed by atoms with Crippen LogP contribution >= 0.6 is 0 Å². The maximum Gasteiger partial charge on any atom is 0.255 e. The second-order valence-electron chi connectivity index (χ2n) is 4.90. The number of rotatable bonds is 3. The van der Waals surface area contributed by atoms with Crippen LogP contribution in [0.4, 0.5) is 0 Å². The van der Waals surface area contributed by atoms with Gasteiger partial charge >= 0.3 is 0 Å². The van der Waals surface area contributed by atoms with Crippen LogP contribution < -0.4 is 5.32 Å². The molecule has 0 bridgehead atoms. The molecule has 21 heavy (non-hydrogen) atoms. The Kier molecular flexibility index (Phi) is 3.36. The topological polar surface area (TPSA) is 62.5 Å². The highest BCUT2D eigenvalue weighted by Crippen LogP contribution is 2.24. The molecule has 0 aliphatic heterocycles. The van der Waals surface area contributed by atoms with E-state index in [1.165, 1.54) is 6.07 Å². The summed E-state index contributed by atoms with van der Waals surface area (Å²) in [6.07, 6.45) is 0. The molecular formula is C17H15NO3. The number of furan rings is 1.